The van der Waals surface area contributed by atoms with Gasteiger partial charge >= 0.3 is 5.97 Å². The van der Waals surface area contributed by atoms with Gasteiger partial charge in [0.05, 0.1) is 3.79 Å². The third kappa shape index (κ3) is 3.88. The summed E-state index contributed by atoms with van der Waals surface area (Å²) < 4.78 is 26.1. The molecule has 1 rings (SSSR count). The van der Waals surface area contributed by atoms with Crippen molar-refractivity contribution in [2.24, 2.45) is 0 Å². The van der Waals surface area contributed by atoms with E-state index in [9.17, 15) is 13.2 Å². The Hall–Kier alpha value is -0.700. The summed E-state index contributed by atoms with van der Waals surface area (Å²) >= 11 is 3.99. The average molecular weight is 368 g/mol. The monoisotopic (exact) mass is 367 g/mol. The lowest BCUT2D eigenvalue weighted by Crippen LogP contribution is -2.27. The standard InChI is InChI=1S/C11H14BrNO4S2/c1-3-4-5-6-13(2)19(16,17)9-7-8(11(14)15)18-10(9)12/h3,7H,1,4-6H2,2H3,(H,14,15). The Kier molecular flexibility index (Phi) is 5.72. The molecule has 0 bridgehead atoms. The van der Waals surface area contributed by atoms with E-state index >= 15 is 0 Å². The zero-order valence-electron chi connectivity index (χ0n) is 10.3. The highest BCUT2D eigenvalue weighted by molar-refractivity contribution is 9.11. The van der Waals surface area contributed by atoms with Crippen LogP contribution in [0, 0.1) is 0 Å². The van der Waals surface area contributed by atoms with E-state index in [0.29, 0.717) is 16.8 Å². The minimum absolute atomic E-state index is 0.00370. The Morgan fingerprint density at radius 1 is 1.63 bits per heavy atom. The second-order valence-corrected chi connectivity index (χ2v) is 8.19. The van der Waals surface area contributed by atoms with Crippen molar-refractivity contribution in [1.82, 2.24) is 4.31 Å². The largest absolute Gasteiger partial charge is 0.477 e. The van der Waals surface area contributed by atoms with Crippen LogP contribution < -0.4 is 0 Å². The molecule has 0 aromatic carbocycles. The number of allylic oxidation sites excluding steroid dienone is 1. The SMILES string of the molecule is C=CCCCN(C)S(=O)(=O)c1cc(C(=O)O)sc1Br. The smallest absolute Gasteiger partial charge is 0.345 e. The minimum Gasteiger partial charge on any atom is -0.477 e. The number of carboxylic acid groups (broad SMARTS) is 1. The van der Waals surface area contributed by atoms with E-state index in [-0.39, 0.29) is 9.77 Å². The summed E-state index contributed by atoms with van der Waals surface area (Å²) in [7, 11) is -2.19. The number of carboxylic acids is 1. The van der Waals surface area contributed by atoms with Crippen LogP contribution in [0.4, 0.5) is 0 Å². The zero-order valence-corrected chi connectivity index (χ0v) is 13.5. The highest BCUT2D eigenvalue weighted by atomic mass is 79.9. The van der Waals surface area contributed by atoms with Gasteiger partial charge in [0.15, 0.2) is 0 Å². The number of halogens is 1. The molecule has 5 nitrogen and oxygen atoms in total. The molecule has 0 saturated carbocycles. The number of carbonyl (C=O) groups is 1. The normalized spacial score (nSPS) is 11.7. The zero-order chi connectivity index (χ0) is 14.6. The summed E-state index contributed by atoms with van der Waals surface area (Å²) in [5, 5.41) is 8.87. The van der Waals surface area contributed by atoms with Crippen molar-refractivity contribution in [2.75, 3.05) is 13.6 Å². The fraction of sp³-hybridized carbons (Fsp3) is 0.364. The molecule has 1 aromatic heterocycles. The van der Waals surface area contributed by atoms with Crippen molar-refractivity contribution < 1.29 is 18.3 Å². The first kappa shape index (κ1) is 16.4. The maximum Gasteiger partial charge on any atom is 0.345 e. The van der Waals surface area contributed by atoms with Crippen LogP contribution in [0.3, 0.4) is 0 Å². The molecule has 0 aliphatic carbocycles. The summed E-state index contributed by atoms with van der Waals surface area (Å²) in [6, 6.07) is 1.18. The molecular weight excluding hydrogens is 354 g/mol. The second-order valence-electron chi connectivity index (χ2n) is 3.81. The molecule has 0 saturated heterocycles. The van der Waals surface area contributed by atoms with Gasteiger partial charge in [-0.3, -0.25) is 0 Å². The highest BCUT2D eigenvalue weighted by Gasteiger charge is 2.26. The summed E-state index contributed by atoms with van der Waals surface area (Å²) in [5.41, 5.74) is 0. The number of aromatic carboxylic acids is 1. The van der Waals surface area contributed by atoms with Crippen molar-refractivity contribution in [1.29, 1.82) is 0 Å². The predicted octanol–water partition coefficient (Wildman–Crippen LogP) is 2.80. The van der Waals surface area contributed by atoms with Gasteiger partial charge in [-0.15, -0.1) is 17.9 Å². The lowest BCUT2D eigenvalue weighted by atomic mass is 10.3. The van der Waals surface area contributed by atoms with Crippen LogP contribution in [0.5, 0.6) is 0 Å². The van der Waals surface area contributed by atoms with E-state index in [1.165, 1.54) is 17.4 Å². The number of unbranched alkanes of at least 4 members (excludes halogenated alkanes) is 1. The van der Waals surface area contributed by atoms with Crippen molar-refractivity contribution >= 4 is 43.3 Å². The molecule has 0 amide bonds. The Balaban J connectivity index is 2.99. The molecule has 0 unspecified atom stereocenters. The Morgan fingerprint density at radius 2 is 2.26 bits per heavy atom. The predicted molar refractivity (Wildman–Crippen MR) is 78.2 cm³/mol. The first-order valence-electron chi connectivity index (χ1n) is 5.40. The number of hydrogen-bond acceptors (Lipinski definition) is 4. The van der Waals surface area contributed by atoms with Gasteiger partial charge in [-0.05, 0) is 34.8 Å². The molecule has 0 aliphatic heterocycles. The Morgan fingerprint density at radius 3 is 2.74 bits per heavy atom. The number of sulfonamides is 1. The van der Waals surface area contributed by atoms with Gasteiger partial charge in [-0.2, -0.15) is 0 Å². The fourth-order valence-electron chi connectivity index (χ4n) is 1.38. The molecule has 106 valence electrons. The van der Waals surface area contributed by atoms with Gasteiger partial charge in [-0.25, -0.2) is 17.5 Å². The van der Waals surface area contributed by atoms with Gasteiger partial charge in [0, 0.05) is 13.6 Å². The third-order valence-corrected chi connectivity index (χ3v) is 6.53. The molecule has 1 N–H and O–H groups in total. The van der Waals surface area contributed by atoms with Crippen LogP contribution in [-0.2, 0) is 10.0 Å². The molecule has 0 spiro atoms. The summed E-state index contributed by atoms with van der Waals surface area (Å²) in [6.07, 6.45) is 3.13. The van der Waals surface area contributed by atoms with Crippen LogP contribution in [-0.4, -0.2) is 37.4 Å². The van der Waals surface area contributed by atoms with Gasteiger partial charge in [0.25, 0.3) is 0 Å². The van der Waals surface area contributed by atoms with Crippen LogP contribution in [0.1, 0.15) is 22.5 Å². The van der Waals surface area contributed by atoms with E-state index < -0.39 is 16.0 Å². The van der Waals surface area contributed by atoms with E-state index in [1.54, 1.807) is 6.08 Å². The number of nitrogens with zero attached hydrogens (tertiary/aromatic N) is 1. The van der Waals surface area contributed by atoms with Crippen LogP contribution in [0.25, 0.3) is 0 Å². The van der Waals surface area contributed by atoms with Gasteiger partial charge < -0.3 is 5.11 Å². The molecular formula is C11H14BrNO4S2. The Bertz CT molecular complexity index is 580. The molecule has 8 heteroatoms. The highest BCUT2D eigenvalue weighted by Crippen LogP contribution is 2.33. The number of thiophene rings is 1. The van der Waals surface area contributed by atoms with Crippen molar-refractivity contribution in [3.63, 3.8) is 0 Å². The lowest BCUT2D eigenvalue weighted by molar-refractivity contribution is 0.0702. The summed E-state index contributed by atoms with van der Waals surface area (Å²) in [5.74, 6) is -1.14. The number of hydrogen-bond donors (Lipinski definition) is 1. The average Bonchev–Trinajstić information content (AvgIpc) is 2.72. The molecule has 1 heterocycles. The van der Waals surface area contributed by atoms with Crippen molar-refractivity contribution in [2.45, 2.75) is 17.7 Å². The van der Waals surface area contributed by atoms with Crippen molar-refractivity contribution in [3.8, 4) is 0 Å². The molecule has 0 radical (unpaired) electrons. The Labute approximate surface area is 124 Å². The topological polar surface area (TPSA) is 74.7 Å². The molecule has 0 aliphatic rings. The van der Waals surface area contributed by atoms with E-state index in [1.807, 2.05) is 0 Å². The lowest BCUT2D eigenvalue weighted by Gasteiger charge is -2.16. The van der Waals surface area contributed by atoms with E-state index in [4.69, 9.17) is 5.11 Å². The van der Waals surface area contributed by atoms with E-state index in [0.717, 1.165) is 17.8 Å². The molecule has 19 heavy (non-hydrogen) atoms. The van der Waals surface area contributed by atoms with Gasteiger partial charge in [0.1, 0.15) is 9.77 Å². The van der Waals surface area contributed by atoms with Gasteiger partial charge in [0.2, 0.25) is 10.0 Å². The maximum absolute atomic E-state index is 12.3. The van der Waals surface area contributed by atoms with Crippen molar-refractivity contribution in [3.05, 3.63) is 27.4 Å². The molecule has 1 aromatic rings. The third-order valence-electron chi connectivity index (χ3n) is 2.44. The first-order chi connectivity index (χ1) is 8.80. The number of rotatable bonds is 7. The van der Waals surface area contributed by atoms with Crippen LogP contribution in [0.2, 0.25) is 0 Å². The molecule has 0 atom stereocenters. The van der Waals surface area contributed by atoms with E-state index in [2.05, 4.69) is 22.5 Å². The quantitative estimate of drug-likeness (QED) is 0.593. The van der Waals surface area contributed by atoms with Crippen LogP contribution in [0.15, 0.2) is 27.4 Å². The first-order valence-corrected chi connectivity index (χ1v) is 8.45. The minimum atomic E-state index is -3.66. The summed E-state index contributed by atoms with van der Waals surface area (Å²) in [6.45, 7) is 3.94. The maximum atomic E-state index is 12.3. The van der Waals surface area contributed by atoms with Gasteiger partial charge in [-0.1, -0.05) is 6.08 Å². The second kappa shape index (κ2) is 6.65. The molecule has 0 fully saturated rings. The van der Waals surface area contributed by atoms with Crippen LogP contribution >= 0.6 is 27.3 Å². The summed E-state index contributed by atoms with van der Waals surface area (Å²) in [4.78, 5) is 10.8. The fourth-order valence-corrected chi connectivity index (χ4v) is 4.94.